The summed E-state index contributed by atoms with van der Waals surface area (Å²) in [5.41, 5.74) is 0.956. The summed E-state index contributed by atoms with van der Waals surface area (Å²) in [5, 5.41) is 0. The van der Waals surface area contributed by atoms with E-state index in [-0.39, 0.29) is 29.8 Å². The lowest BCUT2D eigenvalue weighted by Crippen LogP contribution is -2.40. The molecule has 2 heterocycles. The van der Waals surface area contributed by atoms with Gasteiger partial charge in [-0.05, 0) is 55.3 Å². The number of thiazole rings is 1. The number of halogens is 1. The van der Waals surface area contributed by atoms with Gasteiger partial charge in [0.25, 0.3) is 5.91 Å². The summed E-state index contributed by atoms with van der Waals surface area (Å²) < 4.78 is 48.0. The molecule has 0 radical (unpaired) electrons. The van der Waals surface area contributed by atoms with Crippen LogP contribution in [0.2, 0.25) is 0 Å². The number of amides is 1. The summed E-state index contributed by atoms with van der Waals surface area (Å²) >= 11 is 1.41. The van der Waals surface area contributed by atoms with Gasteiger partial charge < -0.3 is 9.30 Å². The largest absolute Gasteiger partial charge is 0.497 e. The van der Waals surface area contributed by atoms with Crippen molar-refractivity contribution in [2.45, 2.75) is 17.7 Å². The van der Waals surface area contributed by atoms with Crippen molar-refractivity contribution in [3.8, 4) is 5.75 Å². The quantitative estimate of drug-likeness (QED) is 0.596. The Bertz CT molecular complexity index is 1290. The maximum Gasteiger partial charge on any atom is 0.251 e. The first-order valence-corrected chi connectivity index (χ1v) is 12.0. The number of ether oxygens (including phenoxy) is 1. The summed E-state index contributed by atoms with van der Waals surface area (Å²) in [6, 6.07) is 10.5. The summed E-state index contributed by atoms with van der Waals surface area (Å²) in [4.78, 5) is 17.7. The summed E-state index contributed by atoms with van der Waals surface area (Å²) in [5.74, 6) is -0.327. The zero-order valence-electron chi connectivity index (χ0n) is 17.1. The van der Waals surface area contributed by atoms with Crippen molar-refractivity contribution in [3.63, 3.8) is 0 Å². The Kier molecular flexibility index (Phi) is 5.96. The van der Waals surface area contributed by atoms with E-state index in [2.05, 4.69) is 4.99 Å². The van der Waals surface area contributed by atoms with Gasteiger partial charge in [-0.3, -0.25) is 4.79 Å². The van der Waals surface area contributed by atoms with Gasteiger partial charge in [0.1, 0.15) is 11.6 Å². The Labute approximate surface area is 183 Å². The number of carbonyl (C=O) groups is 1. The number of aromatic nitrogens is 1. The normalized spacial score (nSPS) is 16.7. The monoisotopic (exact) mass is 463 g/mol. The third-order valence-corrected chi connectivity index (χ3v) is 8.48. The number of benzene rings is 2. The Hall–Kier alpha value is -2.56. The smallest absolute Gasteiger partial charge is 0.251 e. The molecule has 0 N–H and O–H groups in total. The van der Waals surface area contributed by atoms with Crippen LogP contribution in [0.25, 0.3) is 10.2 Å². The number of nitrogens with zero attached hydrogens (tertiary/aromatic N) is 3. The Balaban J connectivity index is 1.49. The minimum absolute atomic E-state index is 0.0519. The highest BCUT2D eigenvalue weighted by Gasteiger charge is 2.32. The van der Waals surface area contributed by atoms with E-state index >= 15 is 0 Å². The molecule has 10 heteroatoms. The van der Waals surface area contributed by atoms with Crippen molar-refractivity contribution in [3.05, 3.63) is 53.1 Å². The molecule has 31 heavy (non-hydrogen) atoms. The average molecular weight is 464 g/mol. The third kappa shape index (κ3) is 4.28. The first kappa shape index (κ1) is 21.7. The Morgan fingerprint density at radius 2 is 1.84 bits per heavy atom. The van der Waals surface area contributed by atoms with E-state index in [4.69, 9.17) is 4.74 Å². The highest BCUT2D eigenvalue weighted by Crippen LogP contribution is 2.26. The van der Waals surface area contributed by atoms with Gasteiger partial charge in [-0.2, -0.15) is 9.30 Å². The van der Waals surface area contributed by atoms with Crippen LogP contribution in [-0.2, 0) is 21.9 Å². The summed E-state index contributed by atoms with van der Waals surface area (Å²) in [6.07, 6.45) is 0.788. The number of methoxy groups -OCH3 is 1. The molecule has 0 bridgehead atoms. The minimum Gasteiger partial charge on any atom is -0.497 e. The molecule has 1 aliphatic rings. The van der Waals surface area contributed by atoms with Gasteiger partial charge in [-0.25, -0.2) is 12.8 Å². The topological polar surface area (TPSA) is 81.0 Å². The minimum atomic E-state index is -3.71. The number of aryl methyl sites for hydroxylation is 1. The zero-order chi connectivity index (χ0) is 22.2. The van der Waals surface area contributed by atoms with E-state index in [9.17, 15) is 17.6 Å². The number of carbonyl (C=O) groups excluding carboxylic acids is 1. The van der Waals surface area contributed by atoms with Crippen LogP contribution in [0.15, 0.2) is 52.4 Å². The van der Waals surface area contributed by atoms with Gasteiger partial charge in [-0.15, -0.1) is 0 Å². The Morgan fingerprint density at radius 3 is 2.48 bits per heavy atom. The Morgan fingerprint density at radius 1 is 1.16 bits per heavy atom. The molecule has 4 rings (SSSR count). The SMILES string of the molecule is COc1ccc2c(c1)sc(=NC(=O)C1CCN(S(=O)(=O)c3ccc(F)cc3)CC1)n2C. The van der Waals surface area contributed by atoms with E-state index in [1.807, 2.05) is 29.8 Å². The molecule has 2 aromatic carbocycles. The van der Waals surface area contributed by atoms with Gasteiger partial charge in [0.2, 0.25) is 10.0 Å². The highest BCUT2D eigenvalue weighted by molar-refractivity contribution is 7.89. The molecule has 1 aromatic heterocycles. The lowest BCUT2D eigenvalue weighted by molar-refractivity contribution is -0.122. The predicted molar refractivity (Wildman–Crippen MR) is 116 cm³/mol. The molecule has 1 aliphatic heterocycles. The standard InChI is InChI=1S/C21H22FN3O4S2/c1-24-18-8-5-16(29-2)13-19(18)30-21(24)23-20(26)14-9-11-25(12-10-14)31(27,28)17-6-3-15(22)4-7-17/h3-8,13-14H,9-12H2,1-2H3. The first-order chi connectivity index (χ1) is 14.8. The molecule has 3 aromatic rings. The van der Waals surface area contributed by atoms with E-state index in [0.29, 0.717) is 17.6 Å². The van der Waals surface area contributed by atoms with E-state index in [0.717, 1.165) is 28.1 Å². The molecule has 164 valence electrons. The second-order valence-electron chi connectivity index (χ2n) is 7.36. The van der Waals surface area contributed by atoms with Gasteiger partial charge >= 0.3 is 0 Å². The van der Waals surface area contributed by atoms with E-state index in [1.165, 1.54) is 27.8 Å². The summed E-state index contributed by atoms with van der Waals surface area (Å²) in [6.45, 7) is 0.447. The molecule has 1 saturated heterocycles. The van der Waals surface area contributed by atoms with Gasteiger partial charge in [-0.1, -0.05) is 11.3 Å². The highest BCUT2D eigenvalue weighted by atomic mass is 32.2. The van der Waals surface area contributed by atoms with Crippen molar-refractivity contribution < 1.29 is 22.3 Å². The molecular weight excluding hydrogens is 441 g/mol. The molecule has 1 amide bonds. The fourth-order valence-corrected chi connectivity index (χ4v) is 6.15. The van der Waals surface area contributed by atoms with Crippen LogP contribution < -0.4 is 9.54 Å². The van der Waals surface area contributed by atoms with Gasteiger partial charge in [0, 0.05) is 26.1 Å². The van der Waals surface area contributed by atoms with Crippen LogP contribution in [0.5, 0.6) is 5.75 Å². The van der Waals surface area contributed by atoms with E-state index < -0.39 is 15.8 Å². The summed E-state index contributed by atoms with van der Waals surface area (Å²) in [7, 11) is -0.247. The lowest BCUT2D eigenvalue weighted by atomic mass is 9.98. The second kappa shape index (κ2) is 8.52. The lowest BCUT2D eigenvalue weighted by Gasteiger charge is -2.29. The molecule has 0 spiro atoms. The van der Waals surface area contributed by atoms with E-state index in [1.54, 1.807) is 7.11 Å². The molecule has 0 atom stereocenters. The van der Waals surface area contributed by atoms with Crippen molar-refractivity contribution in [1.82, 2.24) is 8.87 Å². The van der Waals surface area contributed by atoms with Crippen molar-refractivity contribution >= 4 is 37.5 Å². The maximum absolute atomic E-state index is 13.1. The average Bonchev–Trinajstić information content (AvgIpc) is 3.08. The molecule has 0 saturated carbocycles. The van der Waals surface area contributed by atoms with Gasteiger partial charge in [0.15, 0.2) is 4.80 Å². The van der Waals surface area contributed by atoms with Crippen LogP contribution in [0.4, 0.5) is 4.39 Å². The molecular formula is C21H22FN3O4S2. The number of rotatable bonds is 4. The number of fused-ring (bicyclic) bond motifs is 1. The first-order valence-electron chi connectivity index (χ1n) is 9.77. The number of hydrogen-bond acceptors (Lipinski definition) is 5. The van der Waals surface area contributed by atoms with Crippen molar-refractivity contribution in [2.24, 2.45) is 18.0 Å². The fourth-order valence-electron chi connectivity index (χ4n) is 3.63. The van der Waals surface area contributed by atoms with Crippen LogP contribution in [0.1, 0.15) is 12.8 Å². The van der Waals surface area contributed by atoms with Crippen LogP contribution in [-0.4, -0.2) is 43.4 Å². The molecule has 1 fully saturated rings. The van der Waals surface area contributed by atoms with Crippen LogP contribution in [0.3, 0.4) is 0 Å². The zero-order valence-corrected chi connectivity index (χ0v) is 18.7. The number of hydrogen-bond donors (Lipinski definition) is 0. The molecule has 0 unspecified atom stereocenters. The second-order valence-corrected chi connectivity index (χ2v) is 10.3. The van der Waals surface area contributed by atoms with Gasteiger partial charge in [0.05, 0.1) is 22.2 Å². The van der Waals surface area contributed by atoms with Crippen molar-refractivity contribution in [2.75, 3.05) is 20.2 Å². The number of sulfonamides is 1. The number of piperidine rings is 1. The third-order valence-electron chi connectivity index (χ3n) is 5.48. The molecule has 0 aliphatic carbocycles. The molecule has 7 nitrogen and oxygen atoms in total. The predicted octanol–water partition coefficient (Wildman–Crippen LogP) is 2.92. The fraction of sp³-hybridized carbons (Fsp3) is 0.333. The van der Waals surface area contributed by atoms with Crippen LogP contribution in [0, 0.1) is 11.7 Å². The maximum atomic E-state index is 13.1. The van der Waals surface area contributed by atoms with Crippen LogP contribution >= 0.6 is 11.3 Å². The van der Waals surface area contributed by atoms with Crippen molar-refractivity contribution in [1.29, 1.82) is 0 Å².